The SMILES string of the molecule is COc1ccc(NC(=O)C2CC2c2ccccc2F)cc1S(N)(=O)=O. The smallest absolute Gasteiger partial charge is 0.241 e. The molecule has 1 amide bonds. The Morgan fingerprint density at radius 3 is 2.64 bits per heavy atom. The van der Waals surface area contributed by atoms with Crippen LogP contribution in [-0.4, -0.2) is 21.4 Å². The molecule has 0 heterocycles. The third-order valence-corrected chi connectivity index (χ3v) is 5.10. The number of carbonyl (C=O) groups excluding carboxylic acids is 1. The predicted molar refractivity (Wildman–Crippen MR) is 90.2 cm³/mol. The van der Waals surface area contributed by atoms with Crippen molar-refractivity contribution in [3.63, 3.8) is 0 Å². The van der Waals surface area contributed by atoms with E-state index >= 15 is 0 Å². The molecule has 1 aliphatic rings. The number of primary sulfonamides is 1. The topological polar surface area (TPSA) is 98.5 Å². The van der Waals surface area contributed by atoms with Crippen LogP contribution >= 0.6 is 0 Å². The first-order chi connectivity index (χ1) is 11.8. The van der Waals surface area contributed by atoms with Crippen LogP contribution in [0.1, 0.15) is 17.9 Å². The molecule has 0 radical (unpaired) electrons. The molecule has 132 valence electrons. The lowest BCUT2D eigenvalue weighted by molar-refractivity contribution is -0.117. The summed E-state index contributed by atoms with van der Waals surface area (Å²) in [4.78, 5) is 12.1. The Hall–Kier alpha value is -2.45. The van der Waals surface area contributed by atoms with Gasteiger partial charge in [-0.2, -0.15) is 0 Å². The number of benzene rings is 2. The summed E-state index contributed by atoms with van der Waals surface area (Å²) >= 11 is 0. The molecule has 1 saturated carbocycles. The van der Waals surface area contributed by atoms with Crippen LogP contribution in [0.2, 0.25) is 0 Å². The van der Waals surface area contributed by atoms with Crippen molar-refractivity contribution in [1.82, 2.24) is 0 Å². The van der Waals surface area contributed by atoms with E-state index in [1.54, 1.807) is 18.2 Å². The van der Waals surface area contributed by atoms with Crippen LogP contribution in [0.25, 0.3) is 0 Å². The van der Waals surface area contributed by atoms with Crippen LogP contribution < -0.4 is 15.2 Å². The van der Waals surface area contributed by atoms with Gasteiger partial charge in [0, 0.05) is 11.6 Å². The summed E-state index contributed by atoms with van der Waals surface area (Å²) in [5.41, 5.74) is 0.802. The number of hydrogen-bond acceptors (Lipinski definition) is 4. The second kappa shape index (κ2) is 6.45. The van der Waals surface area contributed by atoms with Gasteiger partial charge in [0.25, 0.3) is 0 Å². The van der Waals surface area contributed by atoms with Gasteiger partial charge in [-0.25, -0.2) is 17.9 Å². The van der Waals surface area contributed by atoms with E-state index in [4.69, 9.17) is 9.88 Å². The van der Waals surface area contributed by atoms with Crippen molar-refractivity contribution in [2.24, 2.45) is 11.1 Å². The standard InChI is InChI=1S/C17H17FN2O4S/c1-24-15-7-6-10(8-16(15)25(19,22)23)20-17(21)13-9-12(13)11-4-2-3-5-14(11)18/h2-8,12-13H,9H2,1H3,(H,20,21)(H2,19,22,23). The summed E-state index contributed by atoms with van der Waals surface area (Å²) in [5, 5.41) is 7.81. The van der Waals surface area contributed by atoms with Gasteiger partial charge >= 0.3 is 0 Å². The van der Waals surface area contributed by atoms with Gasteiger partial charge in [-0.05, 0) is 42.2 Å². The number of nitrogens with one attached hydrogen (secondary N) is 1. The molecule has 0 aromatic heterocycles. The van der Waals surface area contributed by atoms with E-state index in [9.17, 15) is 17.6 Å². The van der Waals surface area contributed by atoms with Gasteiger partial charge in [0.15, 0.2) is 0 Å². The minimum atomic E-state index is -3.99. The lowest BCUT2D eigenvalue weighted by Gasteiger charge is -2.10. The highest BCUT2D eigenvalue weighted by atomic mass is 32.2. The average molecular weight is 364 g/mol. The molecule has 3 N–H and O–H groups in total. The maximum absolute atomic E-state index is 13.8. The van der Waals surface area contributed by atoms with E-state index in [0.717, 1.165) is 0 Å². The van der Waals surface area contributed by atoms with Crippen molar-refractivity contribution in [1.29, 1.82) is 0 Å². The van der Waals surface area contributed by atoms with Gasteiger partial charge in [-0.3, -0.25) is 4.79 Å². The van der Waals surface area contributed by atoms with Crippen molar-refractivity contribution in [3.05, 3.63) is 53.8 Å². The summed E-state index contributed by atoms with van der Waals surface area (Å²) in [6, 6.07) is 10.5. The third-order valence-electron chi connectivity index (χ3n) is 4.17. The fraction of sp³-hybridized carbons (Fsp3) is 0.235. The van der Waals surface area contributed by atoms with E-state index < -0.39 is 10.0 Å². The van der Waals surface area contributed by atoms with Crippen LogP contribution in [0.5, 0.6) is 5.75 Å². The zero-order chi connectivity index (χ0) is 18.2. The van der Waals surface area contributed by atoms with E-state index in [0.29, 0.717) is 12.0 Å². The Morgan fingerprint density at radius 1 is 1.28 bits per heavy atom. The second-order valence-corrected chi connectivity index (χ2v) is 7.40. The van der Waals surface area contributed by atoms with Crippen LogP contribution in [0, 0.1) is 11.7 Å². The van der Waals surface area contributed by atoms with Crippen LogP contribution in [0.3, 0.4) is 0 Å². The van der Waals surface area contributed by atoms with Gasteiger partial charge in [0.2, 0.25) is 15.9 Å². The first-order valence-electron chi connectivity index (χ1n) is 7.57. The maximum Gasteiger partial charge on any atom is 0.241 e. The van der Waals surface area contributed by atoms with E-state index in [1.807, 2.05) is 0 Å². The fourth-order valence-corrected chi connectivity index (χ4v) is 3.54. The Morgan fingerprint density at radius 2 is 2.00 bits per heavy atom. The van der Waals surface area contributed by atoms with Crippen molar-refractivity contribution in [3.8, 4) is 5.75 Å². The summed E-state index contributed by atoms with van der Waals surface area (Å²) in [6.07, 6.45) is 0.547. The molecule has 2 aromatic carbocycles. The zero-order valence-corrected chi connectivity index (χ0v) is 14.2. The van der Waals surface area contributed by atoms with Crippen LogP contribution in [-0.2, 0) is 14.8 Å². The number of hydrogen-bond donors (Lipinski definition) is 2. The second-order valence-electron chi connectivity index (χ2n) is 5.87. The Labute approximate surface area is 144 Å². The van der Waals surface area contributed by atoms with E-state index in [-0.39, 0.29) is 39.9 Å². The minimum Gasteiger partial charge on any atom is -0.495 e. The number of amides is 1. The molecular formula is C17H17FN2O4S. The van der Waals surface area contributed by atoms with E-state index in [1.165, 1.54) is 31.4 Å². The number of anilines is 1. The first-order valence-corrected chi connectivity index (χ1v) is 9.12. The summed E-state index contributed by atoms with van der Waals surface area (Å²) in [7, 11) is -2.67. The molecule has 25 heavy (non-hydrogen) atoms. The van der Waals surface area contributed by atoms with Gasteiger partial charge in [0.05, 0.1) is 7.11 Å². The molecule has 2 atom stereocenters. The van der Waals surface area contributed by atoms with Crippen molar-refractivity contribution in [2.45, 2.75) is 17.2 Å². The maximum atomic E-state index is 13.8. The quantitative estimate of drug-likeness (QED) is 0.850. The summed E-state index contributed by atoms with van der Waals surface area (Å²) < 4.78 is 42.0. The largest absolute Gasteiger partial charge is 0.495 e. The predicted octanol–water partition coefficient (Wildman–Crippen LogP) is 2.22. The van der Waals surface area contributed by atoms with Gasteiger partial charge in [-0.15, -0.1) is 0 Å². The van der Waals surface area contributed by atoms with Gasteiger partial charge < -0.3 is 10.1 Å². The van der Waals surface area contributed by atoms with Crippen molar-refractivity contribution < 1.29 is 22.3 Å². The number of sulfonamides is 1. The summed E-state index contributed by atoms with van der Waals surface area (Å²) in [5.74, 6) is -1.05. The highest BCUT2D eigenvalue weighted by molar-refractivity contribution is 7.89. The van der Waals surface area contributed by atoms with Crippen molar-refractivity contribution in [2.75, 3.05) is 12.4 Å². The van der Waals surface area contributed by atoms with Crippen LogP contribution in [0.4, 0.5) is 10.1 Å². The number of halogens is 1. The average Bonchev–Trinajstić information content (AvgIpc) is 3.35. The number of methoxy groups -OCH3 is 1. The minimum absolute atomic E-state index is 0.0937. The molecule has 0 saturated heterocycles. The number of rotatable bonds is 5. The molecular weight excluding hydrogens is 347 g/mol. The molecule has 2 aromatic rings. The Balaban J connectivity index is 1.76. The monoisotopic (exact) mass is 364 g/mol. The third kappa shape index (κ3) is 3.64. The molecule has 1 fully saturated rings. The lowest BCUT2D eigenvalue weighted by Crippen LogP contribution is -2.17. The molecule has 0 bridgehead atoms. The number of ether oxygens (including phenoxy) is 1. The van der Waals surface area contributed by atoms with Crippen LogP contribution in [0.15, 0.2) is 47.4 Å². The Bertz CT molecular complexity index is 930. The molecule has 6 nitrogen and oxygen atoms in total. The highest BCUT2D eigenvalue weighted by Gasteiger charge is 2.45. The Kier molecular flexibility index (Phi) is 4.49. The van der Waals surface area contributed by atoms with Crippen molar-refractivity contribution >= 4 is 21.6 Å². The number of nitrogens with two attached hydrogens (primary N) is 1. The molecule has 0 aliphatic heterocycles. The molecule has 1 aliphatic carbocycles. The zero-order valence-electron chi connectivity index (χ0n) is 13.4. The van der Waals surface area contributed by atoms with Gasteiger partial charge in [-0.1, -0.05) is 18.2 Å². The molecule has 8 heteroatoms. The van der Waals surface area contributed by atoms with E-state index in [2.05, 4.69) is 5.32 Å². The number of carbonyl (C=O) groups is 1. The highest BCUT2D eigenvalue weighted by Crippen LogP contribution is 2.48. The normalized spacial score (nSPS) is 19.3. The first kappa shape index (κ1) is 17.4. The lowest BCUT2D eigenvalue weighted by atomic mass is 10.1. The fourth-order valence-electron chi connectivity index (χ4n) is 2.82. The molecule has 2 unspecified atom stereocenters. The molecule has 0 spiro atoms. The van der Waals surface area contributed by atoms with Gasteiger partial charge in [0.1, 0.15) is 16.5 Å². The summed E-state index contributed by atoms with van der Waals surface area (Å²) in [6.45, 7) is 0. The molecule has 3 rings (SSSR count).